The molecule has 0 fully saturated rings. The Kier molecular flexibility index (Phi) is 62.0. The summed E-state index contributed by atoms with van der Waals surface area (Å²) in [6, 6.07) is 0. The Morgan fingerprint density at radius 1 is 1.33 bits per heavy atom. The SMILES string of the molecule is [Al+3].[C-]#CCCCC.[CH3-].[CH3-]. The molecule has 0 nitrogen and oxygen atoms in total. The smallest absolute Gasteiger partial charge is 0.694 e. The van der Waals surface area contributed by atoms with Gasteiger partial charge in [-0.3, -0.25) is 0 Å². The first-order chi connectivity index (χ1) is 2.91. The molecule has 9 heavy (non-hydrogen) atoms. The van der Waals surface area contributed by atoms with Crippen molar-refractivity contribution >= 4 is 17.4 Å². The van der Waals surface area contributed by atoms with Crippen molar-refractivity contribution in [2.75, 3.05) is 0 Å². The average molecular weight is 138 g/mol. The summed E-state index contributed by atoms with van der Waals surface area (Å²) in [5.41, 5.74) is 0. The van der Waals surface area contributed by atoms with Crippen LogP contribution in [0.25, 0.3) is 0 Å². The Labute approximate surface area is 71.2 Å². The summed E-state index contributed by atoms with van der Waals surface area (Å²) >= 11 is 0. The molecule has 50 valence electrons. The summed E-state index contributed by atoms with van der Waals surface area (Å²) in [7, 11) is 0. The number of rotatable bonds is 2. The normalized spacial score (nSPS) is 4.89. The number of hydrogen-bond acceptors (Lipinski definition) is 0. The Balaban J connectivity index is -0.0000000417. The maximum atomic E-state index is 6.46. The maximum absolute atomic E-state index is 6.46. The van der Waals surface area contributed by atoms with Gasteiger partial charge in [-0.2, -0.15) is 0 Å². The van der Waals surface area contributed by atoms with Crippen LogP contribution in [-0.4, -0.2) is 17.4 Å². The first-order valence-electron chi connectivity index (χ1n) is 2.31. The predicted molar refractivity (Wildman–Crippen MR) is 45.2 cm³/mol. The van der Waals surface area contributed by atoms with Crippen LogP contribution in [0.4, 0.5) is 0 Å². The van der Waals surface area contributed by atoms with Gasteiger partial charge in [0.2, 0.25) is 0 Å². The Morgan fingerprint density at radius 3 is 1.89 bits per heavy atom. The molecular formula is C8H15Al. The predicted octanol–water partition coefficient (Wildman–Crippen LogP) is 2.29. The van der Waals surface area contributed by atoms with Crippen molar-refractivity contribution in [2.45, 2.75) is 26.2 Å². The van der Waals surface area contributed by atoms with Crippen LogP contribution < -0.4 is 0 Å². The Bertz CT molecular complexity index is 52.1. The fraction of sp³-hybridized carbons (Fsp3) is 0.500. The minimum atomic E-state index is 0. The van der Waals surface area contributed by atoms with E-state index in [1.165, 1.54) is 6.42 Å². The van der Waals surface area contributed by atoms with Gasteiger partial charge in [-0.05, 0) is 12.8 Å². The Hall–Kier alpha value is 0.0925. The van der Waals surface area contributed by atoms with Gasteiger partial charge in [0, 0.05) is 0 Å². The third kappa shape index (κ3) is 31.4. The minimum Gasteiger partial charge on any atom is -0.694 e. The van der Waals surface area contributed by atoms with Crippen molar-refractivity contribution < 1.29 is 0 Å². The summed E-state index contributed by atoms with van der Waals surface area (Å²) in [6.07, 6.45) is 9.57. The van der Waals surface area contributed by atoms with E-state index in [2.05, 4.69) is 12.8 Å². The van der Waals surface area contributed by atoms with E-state index in [4.69, 9.17) is 6.42 Å². The number of hydrogen-bond donors (Lipinski definition) is 0. The quantitative estimate of drug-likeness (QED) is 0.238. The van der Waals surface area contributed by atoms with Crippen LogP contribution in [0.15, 0.2) is 0 Å². The second-order valence-electron chi connectivity index (χ2n) is 1.28. The molecule has 0 bridgehead atoms. The second kappa shape index (κ2) is 24.3. The fourth-order valence-electron chi connectivity index (χ4n) is 0.265. The molecular weight excluding hydrogens is 123 g/mol. The van der Waals surface area contributed by atoms with Crippen LogP contribution >= 0.6 is 0 Å². The molecule has 0 saturated heterocycles. The van der Waals surface area contributed by atoms with Gasteiger partial charge in [-0.1, -0.05) is 13.3 Å². The molecule has 0 radical (unpaired) electrons. The van der Waals surface area contributed by atoms with Crippen molar-refractivity contribution in [3.05, 3.63) is 21.3 Å². The molecule has 0 atom stereocenters. The van der Waals surface area contributed by atoms with Gasteiger partial charge in [-0.15, -0.1) is 0 Å². The van der Waals surface area contributed by atoms with E-state index in [0.29, 0.717) is 0 Å². The largest absolute Gasteiger partial charge is 3.00 e. The molecule has 0 aromatic rings. The van der Waals surface area contributed by atoms with E-state index >= 15 is 0 Å². The molecule has 1 heteroatoms. The summed E-state index contributed by atoms with van der Waals surface area (Å²) in [5.74, 6) is 2.32. The van der Waals surface area contributed by atoms with Crippen LogP contribution in [-0.2, 0) is 0 Å². The van der Waals surface area contributed by atoms with Gasteiger partial charge in [-0.25, -0.2) is 0 Å². The van der Waals surface area contributed by atoms with E-state index < -0.39 is 0 Å². The average Bonchev–Trinajstić information content (AvgIpc) is 1.61. The van der Waals surface area contributed by atoms with Gasteiger partial charge in [0.1, 0.15) is 0 Å². The van der Waals surface area contributed by atoms with Crippen molar-refractivity contribution in [3.8, 4) is 5.92 Å². The third-order valence-corrected chi connectivity index (χ3v) is 0.655. The minimum absolute atomic E-state index is 0. The summed E-state index contributed by atoms with van der Waals surface area (Å²) in [6.45, 7) is 2.11. The zero-order valence-corrected chi connectivity index (χ0v) is 7.85. The topological polar surface area (TPSA) is 0 Å². The maximum Gasteiger partial charge on any atom is 3.00 e. The molecule has 0 unspecified atom stereocenters. The molecule has 0 aliphatic rings. The van der Waals surface area contributed by atoms with E-state index in [9.17, 15) is 0 Å². The van der Waals surface area contributed by atoms with Crippen molar-refractivity contribution in [1.82, 2.24) is 0 Å². The summed E-state index contributed by atoms with van der Waals surface area (Å²) in [4.78, 5) is 0. The van der Waals surface area contributed by atoms with E-state index in [0.717, 1.165) is 12.8 Å². The first kappa shape index (κ1) is 23.0. The van der Waals surface area contributed by atoms with Gasteiger partial charge < -0.3 is 27.2 Å². The van der Waals surface area contributed by atoms with Gasteiger partial charge in [0.05, 0.1) is 0 Å². The molecule has 0 spiro atoms. The fourth-order valence-corrected chi connectivity index (χ4v) is 0.265. The zero-order chi connectivity index (χ0) is 4.83. The number of unbranched alkanes of at least 4 members (excludes halogenated alkanes) is 2. The molecule has 0 rings (SSSR count). The van der Waals surface area contributed by atoms with Crippen molar-refractivity contribution in [1.29, 1.82) is 0 Å². The van der Waals surface area contributed by atoms with Crippen molar-refractivity contribution in [3.63, 3.8) is 0 Å². The monoisotopic (exact) mass is 138 g/mol. The Morgan fingerprint density at radius 2 is 1.78 bits per heavy atom. The summed E-state index contributed by atoms with van der Waals surface area (Å²) in [5, 5.41) is 0. The second-order valence-corrected chi connectivity index (χ2v) is 1.28. The van der Waals surface area contributed by atoms with Gasteiger partial charge >= 0.3 is 17.4 Å². The first-order valence-corrected chi connectivity index (χ1v) is 2.31. The molecule has 0 saturated carbocycles. The molecule has 0 amide bonds. The van der Waals surface area contributed by atoms with E-state index in [-0.39, 0.29) is 32.2 Å². The summed E-state index contributed by atoms with van der Waals surface area (Å²) < 4.78 is 0. The molecule has 0 aliphatic heterocycles. The molecule has 0 aromatic heterocycles. The van der Waals surface area contributed by atoms with E-state index in [1.807, 2.05) is 0 Å². The van der Waals surface area contributed by atoms with Gasteiger partial charge in [0.25, 0.3) is 0 Å². The van der Waals surface area contributed by atoms with Crippen LogP contribution in [0.1, 0.15) is 26.2 Å². The molecule has 0 aromatic carbocycles. The van der Waals surface area contributed by atoms with Crippen molar-refractivity contribution in [2.24, 2.45) is 0 Å². The molecule has 0 aliphatic carbocycles. The van der Waals surface area contributed by atoms with Gasteiger partial charge in [0.15, 0.2) is 0 Å². The van der Waals surface area contributed by atoms with Crippen LogP contribution in [0.5, 0.6) is 0 Å². The molecule has 0 N–H and O–H groups in total. The van der Waals surface area contributed by atoms with Crippen LogP contribution in [0.2, 0.25) is 0 Å². The van der Waals surface area contributed by atoms with E-state index in [1.54, 1.807) is 0 Å². The molecule has 0 heterocycles. The standard InChI is InChI=1S/C6H9.2CH3.Al/c1-3-5-6-4-2;;;/h3,5-6H2,1H3;2*1H3;/q3*-1;+3. The zero-order valence-electron chi connectivity index (χ0n) is 6.70. The van der Waals surface area contributed by atoms with Crippen LogP contribution in [0, 0.1) is 27.2 Å². The van der Waals surface area contributed by atoms with Crippen LogP contribution in [0.3, 0.4) is 0 Å². The third-order valence-electron chi connectivity index (χ3n) is 0.655.